The SMILES string of the molecule is Nc1nc2sccn2c1S(=O)(=O)Nc1ccccc1. The van der Waals surface area contributed by atoms with Crippen molar-refractivity contribution in [3.63, 3.8) is 0 Å². The summed E-state index contributed by atoms with van der Waals surface area (Å²) in [6.07, 6.45) is 1.63. The van der Waals surface area contributed by atoms with Crippen molar-refractivity contribution in [2.75, 3.05) is 10.5 Å². The Bertz CT molecular complexity index is 821. The molecule has 0 radical (unpaired) electrons. The molecular formula is C11H10N4O2S2. The van der Waals surface area contributed by atoms with Gasteiger partial charge in [0.15, 0.2) is 10.8 Å². The summed E-state index contributed by atoms with van der Waals surface area (Å²) in [5, 5.41) is 1.72. The van der Waals surface area contributed by atoms with Crippen LogP contribution >= 0.6 is 11.3 Å². The first kappa shape index (κ1) is 12.0. The molecule has 0 saturated heterocycles. The maximum Gasteiger partial charge on any atom is 0.281 e. The van der Waals surface area contributed by atoms with Gasteiger partial charge in [-0.25, -0.2) is 4.98 Å². The molecule has 0 atom stereocenters. The number of para-hydroxylation sites is 1. The third kappa shape index (κ3) is 2.04. The molecule has 8 heteroatoms. The summed E-state index contributed by atoms with van der Waals surface area (Å²) in [5.41, 5.74) is 6.17. The summed E-state index contributed by atoms with van der Waals surface area (Å²) in [4.78, 5) is 4.57. The first-order chi connectivity index (χ1) is 9.08. The summed E-state index contributed by atoms with van der Waals surface area (Å²) < 4.78 is 28.6. The number of fused-ring (bicyclic) bond motifs is 1. The van der Waals surface area contributed by atoms with Gasteiger partial charge in [0.05, 0.1) is 0 Å². The van der Waals surface area contributed by atoms with Gasteiger partial charge >= 0.3 is 0 Å². The number of aromatic nitrogens is 2. The van der Waals surface area contributed by atoms with Crippen LogP contribution in [0.25, 0.3) is 4.96 Å². The molecule has 0 saturated carbocycles. The monoisotopic (exact) mass is 294 g/mol. The molecule has 0 unspecified atom stereocenters. The van der Waals surface area contributed by atoms with Crippen molar-refractivity contribution >= 4 is 37.8 Å². The number of sulfonamides is 1. The minimum absolute atomic E-state index is 0.00437. The fourth-order valence-electron chi connectivity index (χ4n) is 1.76. The molecule has 0 spiro atoms. The van der Waals surface area contributed by atoms with E-state index in [4.69, 9.17) is 5.73 Å². The first-order valence-corrected chi connectivity index (χ1v) is 7.73. The molecule has 19 heavy (non-hydrogen) atoms. The zero-order valence-corrected chi connectivity index (χ0v) is 11.3. The average Bonchev–Trinajstić information content (AvgIpc) is 2.88. The number of nitrogens with one attached hydrogen (secondary N) is 1. The smallest absolute Gasteiger partial charge is 0.281 e. The molecule has 0 amide bonds. The molecule has 0 aliphatic heterocycles. The number of nitrogens with zero attached hydrogens (tertiary/aromatic N) is 2. The van der Waals surface area contributed by atoms with Crippen LogP contribution in [0.4, 0.5) is 11.5 Å². The van der Waals surface area contributed by atoms with Crippen molar-refractivity contribution < 1.29 is 8.42 Å². The number of hydrogen-bond donors (Lipinski definition) is 2. The van der Waals surface area contributed by atoms with Gasteiger partial charge in [0.2, 0.25) is 5.03 Å². The number of imidazole rings is 1. The van der Waals surface area contributed by atoms with Crippen LogP contribution < -0.4 is 10.5 Å². The Morgan fingerprint density at radius 3 is 2.74 bits per heavy atom. The predicted octanol–water partition coefficient (Wildman–Crippen LogP) is 1.78. The van der Waals surface area contributed by atoms with Crippen LogP contribution in [0.3, 0.4) is 0 Å². The van der Waals surface area contributed by atoms with Crippen LogP contribution in [0.1, 0.15) is 0 Å². The highest BCUT2D eigenvalue weighted by Gasteiger charge is 2.24. The van der Waals surface area contributed by atoms with Gasteiger partial charge in [0.25, 0.3) is 10.0 Å². The van der Waals surface area contributed by atoms with E-state index in [0.29, 0.717) is 10.6 Å². The van der Waals surface area contributed by atoms with Crippen LogP contribution in [0.15, 0.2) is 46.9 Å². The second kappa shape index (κ2) is 4.25. The lowest BCUT2D eigenvalue weighted by molar-refractivity contribution is 0.597. The van der Waals surface area contributed by atoms with Crippen LogP contribution in [-0.2, 0) is 10.0 Å². The molecule has 2 heterocycles. The molecule has 3 N–H and O–H groups in total. The van der Waals surface area contributed by atoms with E-state index in [1.54, 1.807) is 35.8 Å². The van der Waals surface area contributed by atoms with E-state index in [9.17, 15) is 8.42 Å². The Morgan fingerprint density at radius 2 is 2.00 bits per heavy atom. The van der Waals surface area contributed by atoms with Gasteiger partial charge in [-0.05, 0) is 12.1 Å². The lowest BCUT2D eigenvalue weighted by Crippen LogP contribution is -2.16. The minimum Gasteiger partial charge on any atom is -0.381 e. The standard InChI is InChI=1S/C11H10N4O2S2/c12-9-10(15-6-7-18-11(15)13-9)19(16,17)14-8-4-2-1-3-5-8/h1-7,14H,12H2. The number of nitrogens with two attached hydrogens (primary N) is 1. The Labute approximate surface area is 113 Å². The lowest BCUT2D eigenvalue weighted by atomic mass is 10.3. The number of thiazole rings is 1. The summed E-state index contributed by atoms with van der Waals surface area (Å²) in [6, 6.07) is 8.64. The van der Waals surface area contributed by atoms with Gasteiger partial charge in [0, 0.05) is 17.3 Å². The topological polar surface area (TPSA) is 89.5 Å². The molecular weight excluding hydrogens is 284 g/mol. The summed E-state index contributed by atoms with van der Waals surface area (Å²) in [5.74, 6) is -0.00437. The lowest BCUT2D eigenvalue weighted by Gasteiger charge is -2.07. The molecule has 1 aromatic carbocycles. The Hall–Kier alpha value is -2.06. The highest BCUT2D eigenvalue weighted by molar-refractivity contribution is 7.92. The van der Waals surface area contributed by atoms with Crippen molar-refractivity contribution in [2.45, 2.75) is 5.03 Å². The number of hydrogen-bond acceptors (Lipinski definition) is 5. The zero-order chi connectivity index (χ0) is 13.5. The molecule has 2 aromatic heterocycles. The van der Waals surface area contributed by atoms with Crippen LogP contribution in [0.2, 0.25) is 0 Å². The quantitative estimate of drug-likeness (QED) is 0.770. The van der Waals surface area contributed by atoms with Gasteiger partial charge in [-0.1, -0.05) is 18.2 Å². The van der Waals surface area contributed by atoms with Crippen LogP contribution in [0.5, 0.6) is 0 Å². The van der Waals surface area contributed by atoms with Crippen LogP contribution in [0, 0.1) is 0 Å². The zero-order valence-electron chi connectivity index (χ0n) is 9.65. The van der Waals surface area contributed by atoms with Crippen LogP contribution in [-0.4, -0.2) is 17.8 Å². The maximum absolute atomic E-state index is 12.3. The van der Waals surface area contributed by atoms with E-state index in [1.165, 1.54) is 15.7 Å². The normalized spacial score (nSPS) is 11.8. The van der Waals surface area contributed by atoms with E-state index >= 15 is 0 Å². The summed E-state index contributed by atoms with van der Waals surface area (Å²) >= 11 is 1.32. The first-order valence-electron chi connectivity index (χ1n) is 5.37. The third-order valence-corrected chi connectivity index (χ3v) is 4.70. The molecule has 0 aliphatic carbocycles. The number of benzene rings is 1. The van der Waals surface area contributed by atoms with Gasteiger partial charge < -0.3 is 5.73 Å². The van der Waals surface area contributed by atoms with Crippen molar-refractivity contribution in [1.29, 1.82) is 0 Å². The van der Waals surface area contributed by atoms with E-state index in [1.807, 2.05) is 6.07 Å². The fraction of sp³-hybridized carbons (Fsp3) is 0. The summed E-state index contributed by atoms with van der Waals surface area (Å²) in [6.45, 7) is 0. The summed E-state index contributed by atoms with van der Waals surface area (Å²) in [7, 11) is -3.77. The number of rotatable bonds is 3. The van der Waals surface area contributed by atoms with Gasteiger partial charge in [0.1, 0.15) is 0 Å². The molecule has 98 valence electrons. The maximum atomic E-state index is 12.3. The molecule has 3 aromatic rings. The molecule has 3 rings (SSSR count). The van der Waals surface area contributed by atoms with Crippen molar-refractivity contribution in [2.24, 2.45) is 0 Å². The molecule has 0 bridgehead atoms. The Balaban J connectivity index is 2.10. The van der Waals surface area contributed by atoms with Gasteiger partial charge in [-0.15, -0.1) is 11.3 Å². The molecule has 0 fully saturated rings. The average molecular weight is 294 g/mol. The minimum atomic E-state index is -3.77. The highest BCUT2D eigenvalue weighted by atomic mass is 32.2. The molecule has 6 nitrogen and oxygen atoms in total. The van der Waals surface area contributed by atoms with Gasteiger partial charge in [-0.3, -0.25) is 9.12 Å². The third-order valence-electron chi connectivity index (χ3n) is 2.52. The highest BCUT2D eigenvalue weighted by Crippen LogP contribution is 2.25. The second-order valence-corrected chi connectivity index (χ2v) is 6.30. The predicted molar refractivity (Wildman–Crippen MR) is 74.7 cm³/mol. The van der Waals surface area contributed by atoms with E-state index in [0.717, 1.165) is 0 Å². The molecule has 0 aliphatic rings. The van der Waals surface area contributed by atoms with E-state index in [-0.39, 0.29) is 10.8 Å². The van der Waals surface area contributed by atoms with Crippen molar-refractivity contribution in [3.8, 4) is 0 Å². The number of nitrogen functional groups attached to an aromatic ring is 1. The van der Waals surface area contributed by atoms with Gasteiger partial charge in [-0.2, -0.15) is 8.42 Å². The Kier molecular flexibility index (Phi) is 2.68. The number of anilines is 2. The fourth-order valence-corrected chi connectivity index (χ4v) is 3.81. The largest absolute Gasteiger partial charge is 0.381 e. The second-order valence-electron chi connectivity index (χ2n) is 3.83. The van der Waals surface area contributed by atoms with Crippen molar-refractivity contribution in [3.05, 3.63) is 41.9 Å². The van der Waals surface area contributed by atoms with Crippen molar-refractivity contribution in [1.82, 2.24) is 9.38 Å². The van der Waals surface area contributed by atoms with E-state index < -0.39 is 10.0 Å². The van der Waals surface area contributed by atoms with E-state index in [2.05, 4.69) is 9.71 Å². The Morgan fingerprint density at radius 1 is 1.26 bits per heavy atom.